The van der Waals surface area contributed by atoms with Gasteiger partial charge >= 0.3 is 5.97 Å². The van der Waals surface area contributed by atoms with E-state index in [4.69, 9.17) is 28.3 Å². The van der Waals surface area contributed by atoms with E-state index >= 15 is 0 Å². The molecular weight excluding hydrogens is 295 g/mol. The van der Waals surface area contributed by atoms with Crippen molar-refractivity contribution < 1.29 is 9.90 Å². The maximum absolute atomic E-state index is 10.7. The minimum Gasteiger partial charge on any atom is -0.478 e. The van der Waals surface area contributed by atoms with Crippen molar-refractivity contribution in [2.75, 3.05) is 5.32 Å². The maximum Gasteiger partial charge on any atom is 0.335 e. The number of aromatic nitrogens is 1. The fraction of sp³-hybridized carbons (Fsp3) is 0.0909. The highest BCUT2D eigenvalue weighted by molar-refractivity contribution is 7.15. The summed E-state index contributed by atoms with van der Waals surface area (Å²) in [4.78, 5) is 15.6. The molecule has 0 aliphatic heterocycles. The molecule has 0 saturated carbocycles. The Kier molecular flexibility index (Phi) is 4.06. The monoisotopic (exact) mass is 302 g/mol. The number of carboxylic acid groups (broad SMARTS) is 1. The molecule has 0 spiro atoms. The van der Waals surface area contributed by atoms with E-state index in [0.29, 0.717) is 21.7 Å². The predicted molar refractivity (Wildman–Crippen MR) is 72.9 cm³/mol. The summed E-state index contributed by atoms with van der Waals surface area (Å²) in [7, 11) is 0. The summed E-state index contributed by atoms with van der Waals surface area (Å²) in [6.45, 7) is 0.538. The summed E-state index contributed by atoms with van der Waals surface area (Å²) < 4.78 is 0.485. The van der Waals surface area contributed by atoms with Crippen LogP contribution in [0.2, 0.25) is 9.49 Å². The smallest absolute Gasteiger partial charge is 0.335 e. The lowest BCUT2D eigenvalue weighted by molar-refractivity contribution is 0.0697. The molecule has 94 valence electrons. The molecule has 7 heteroatoms. The Hall–Kier alpha value is -1.30. The number of hydrogen-bond donors (Lipinski definition) is 2. The number of nitrogens with one attached hydrogen (secondary N) is 1. The number of halogens is 2. The van der Waals surface area contributed by atoms with Crippen LogP contribution in [0.1, 0.15) is 15.2 Å². The standard InChI is InChI=1S/C11H8Cl2N2O2S/c12-8-3-6(10(16)17)1-2-9(8)14-4-7-5-15-11(13)18-7/h1-3,5,14H,4H2,(H,16,17). The number of rotatable bonds is 4. The number of thiazole rings is 1. The van der Waals surface area contributed by atoms with Gasteiger partial charge in [-0.25, -0.2) is 9.78 Å². The highest BCUT2D eigenvalue weighted by Crippen LogP contribution is 2.25. The van der Waals surface area contributed by atoms with Crippen LogP contribution in [0.5, 0.6) is 0 Å². The first kappa shape index (κ1) is 13.1. The molecule has 0 radical (unpaired) electrons. The van der Waals surface area contributed by atoms with Gasteiger partial charge in [0.1, 0.15) is 0 Å². The maximum atomic E-state index is 10.7. The lowest BCUT2D eigenvalue weighted by Gasteiger charge is -2.07. The first-order valence-electron chi connectivity index (χ1n) is 4.93. The Labute approximate surface area is 117 Å². The number of nitrogens with zero attached hydrogens (tertiary/aromatic N) is 1. The van der Waals surface area contributed by atoms with E-state index in [2.05, 4.69) is 10.3 Å². The van der Waals surface area contributed by atoms with Gasteiger partial charge in [0.2, 0.25) is 0 Å². The fourth-order valence-electron chi connectivity index (χ4n) is 1.34. The van der Waals surface area contributed by atoms with Crippen LogP contribution in [0.25, 0.3) is 0 Å². The Morgan fingerprint density at radius 3 is 2.78 bits per heavy atom. The molecule has 0 unspecified atom stereocenters. The third kappa shape index (κ3) is 3.13. The molecule has 0 bridgehead atoms. The average molecular weight is 303 g/mol. The average Bonchev–Trinajstić information content (AvgIpc) is 2.73. The second-order valence-electron chi connectivity index (χ2n) is 3.43. The number of hydrogen-bond acceptors (Lipinski definition) is 4. The minimum atomic E-state index is -1.00. The summed E-state index contributed by atoms with van der Waals surface area (Å²) in [5.41, 5.74) is 0.831. The number of carbonyl (C=O) groups is 1. The van der Waals surface area contributed by atoms with Gasteiger partial charge in [-0.05, 0) is 18.2 Å². The number of carboxylic acids is 1. The van der Waals surface area contributed by atoms with Crippen LogP contribution in [-0.2, 0) is 6.54 Å². The molecule has 18 heavy (non-hydrogen) atoms. The Bertz CT molecular complexity index is 586. The van der Waals surface area contributed by atoms with Crippen LogP contribution in [0.15, 0.2) is 24.4 Å². The molecule has 2 aromatic rings. The quantitative estimate of drug-likeness (QED) is 0.902. The molecule has 0 atom stereocenters. The molecule has 1 aromatic heterocycles. The van der Waals surface area contributed by atoms with Crippen molar-refractivity contribution in [3.8, 4) is 0 Å². The Morgan fingerprint density at radius 1 is 1.44 bits per heavy atom. The molecule has 0 saturated heterocycles. The van der Waals surface area contributed by atoms with Crippen molar-refractivity contribution >= 4 is 46.2 Å². The van der Waals surface area contributed by atoms with Crippen molar-refractivity contribution in [3.05, 3.63) is 44.3 Å². The highest BCUT2D eigenvalue weighted by Gasteiger charge is 2.07. The molecule has 1 heterocycles. The largest absolute Gasteiger partial charge is 0.478 e. The van der Waals surface area contributed by atoms with E-state index in [1.54, 1.807) is 12.3 Å². The zero-order valence-electron chi connectivity index (χ0n) is 8.98. The molecule has 0 aliphatic carbocycles. The summed E-state index contributed by atoms with van der Waals surface area (Å²) in [5.74, 6) is -1.00. The lowest BCUT2D eigenvalue weighted by Crippen LogP contribution is -2.00. The van der Waals surface area contributed by atoms with Gasteiger partial charge < -0.3 is 10.4 Å². The zero-order chi connectivity index (χ0) is 13.1. The van der Waals surface area contributed by atoms with Crippen molar-refractivity contribution in [2.45, 2.75) is 6.54 Å². The van der Waals surface area contributed by atoms with Crippen molar-refractivity contribution in [3.63, 3.8) is 0 Å². The van der Waals surface area contributed by atoms with Gasteiger partial charge in [0, 0.05) is 11.1 Å². The third-order valence-electron chi connectivity index (χ3n) is 2.19. The van der Waals surface area contributed by atoms with E-state index in [-0.39, 0.29) is 5.56 Å². The predicted octanol–water partition coefficient (Wildman–Crippen LogP) is 3.76. The van der Waals surface area contributed by atoms with Crippen LogP contribution < -0.4 is 5.32 Å². The van der Waals surface area contributed by atoms with Crippen LogP contribution in [0.4, 0.5) is 5.69 Å². The normalized spacial score (nSPS) is 10.3. The first-order valence-corrected chi connectivity index (χ1v) is 6.50. The van der Waals surface area contributed by atoms with Gasteiger partial charge in [0.05, 0.1) is 22.8 Å². The Morgan fingerprint density at radius 2 is 2.22 bits per heavy atom. The number of benzene rings is 1. The van der Waals surface area contributed by atoms with E-state index in [0.717, 1.165) is 4.88 Å². The topological polar surface area (TPSA) is 62.2 Å². The van der Waals surface area contributed by atoms with E-state index in [9.17, 15) is 4.79 Å². The van der Waals surface area contributed by atoms with Crippen LogP contribution in [0, 0.1) is 0 Å². The molecule has 0 aliphatic rings. The summed E-state index contributed by atoms with van der Waals surface area (Å²) in [6.07, 6.45) is 1.68. The van der Waals surface area contributed by atoms with Crippen LogP contribution >= 0.6 is 34.5 Å². The van der Waals surface area contributed by atoms with Crippen LogP contribution in [-0.4, -0.2) is 16.1 Å². The van der Waals surface area contributed by atoms with Gasteiger partial charge in [-0.2, -0.15) is 0 Å². The third-order valence-corrected chi connectivity index (χ3v) is 3.62. The Balaban J connectivity index is 2.08. The van der Waals surface area contributed by atoms with Gasteiger partial charge in [-0.15, -0.1) is 11.3 Å². The minimum absolute atomic E-state index is 0.159. The summed E-state index contributed by atoms with van der Waals surface area (Å²) in [5, 5.41) is 12.3. The number of anilines is 1. The highest BCUT2D eigenvalue weighted by atomic mass is 35.5. The van der Waals surface area contributed by atoms with Crippen molar-refractivity contribution in [2.24, 2.45) is 0 Å². The van der Waals surface area contributed by atoms with E-state index in [1.807, 2.05) is 0 Å². The van der Waals surface area contributed by atoms with Gasteiger partial charge in [0.25, 0.3) is 0 Å². The summed E-state index contributed by atoms with van der Waals surface area (Å²) in [6, 6.07) is 4.54. The van der Waals surface area contributed by atoms with Crippen molar-refractivity contribution in [1.82, 2.24) is 4.98 Å². The number of aromatic carboxylic acids is 1. The summed E-state index contributed by atoms with van der Waals surface area (Å²) >= 11 is 13.1. The van der Waals surface area contributed by atoms with Gasteiger partial charge in [-0.1, -0.05) is 23.2 Å². The SMILES string of the molecule is O=C(O)c1ccc(NCc2cnc(Cl)s2)c(Cl)c1. The van der Waals surface area contributed by atoms with E-state index in [1.165, 1.54) is 23.5 Å². The second-order valence-corrected chi connectivity index (χ2v) is 5.54. The van der Waals surface area contributed by atoms with Crippen LogP contribution in [0.3, 0.4) is 0 Å². The molecule has 2 N–H and O–H groups in total. The molecular formula is C11H8Cl2N2O2S. The molecule has 0 amide bonds. The first-order chi connectivity index (χ1) is 8.56. The fourth-order valence-corrected chi connectivity index (χ4v) is 2.50. The molecule has 1 aromatic carbocycles. The molecule has 4 nitrogen and oxygen atoms in total. The second kappa shape index (κ2) is 5.56. The van der Waals surface area contributed by atoms with Gasteiger partial charge in [0.15, 0.2) is 4.47 Å². The molecule has 0 fully saturated rings. The van der Waals surface area contributed by atoms with Gasteiger partial charge in [-0.3, -0.25) is 0 Å². The molecule has 2 rings (SSSR count). The lowest BCUT2D eigenvalue weighted by atomic mass is 10.2. The van der Waals surface area contributed by atoms with E-state index < -0.39 is 5.97 Å². The van der Waals surface area contributed by atoms with Crippen molar-refractivity contribution in [1.29, 1.82) is 0 Å². The zero-order valence-corrected chi connectivity index (χ0v) is 11.3.